The standard InChI is InChI=1S/C8H9ClN4O5S/c1-2-3-10-7(14)5-12-4-6(19(9,17)18)8(11-12)13(15)16/h2,4H,1,3,5H2,(H,10,14). The molecule has 1 rings (SSSR count). The van der Waals surface area contributed by atoms with E-state index in [1.54, 1.807) is 0 Å². The minimum atomic E-state index is -4.31. The maximum absolute atomic E-state index is 11.3. The summed E-state index contributed by atoms with van der Waals surface area (Å²) in [7, 11) is 0.731. The highest BCUT2D eigenvalue weighted by atomic mass is 35.7. The number of carbonyl (C=O) groups is 1. The second kappa shape index (κ2) is 5.80. The van der Waals surface area contributed by atoms with Gasteiger partial charge >= 0.3 is 5.82 Å². The number of nitrogens with zero attached hydrogens (tertiary/aromatic N) is 3. The van der Waals surface area contributed by atoms with Gasteiger partial charge in [-0.1, -0.05) is 6.08 Å². The van der Waals surface area contributed by atoms with Gasteiger partial charge in [-0.25, -0.2) is 8.42 Å². The van der Waals surface area contributed by atoms with Crippen LogP contribution >= 0.6 is 10.7 Å². The monoisotopic (exact) mass is 308 g/mol. The van der Waals surface area contributed by atoms with Gasteiger partial charge in [0.1, 0.15) is 6.54 Å². The smallest absolute Gasteiger partial charge is 0.358 e. The summed E-state index contributed by atoms with van der Waals surface area (Å²) in [6.07, 6.45) is 2.27. The molecule has 0 aromatic carbocycles. The van der Waals surface area contributed by atoms with E-state index < -0.39 is 30.6 Å². The van der Waals surface area contributed by atoms with Crippen LogP contribution in [-0.2, 0) is 20.4 Å². The molecule has 104 valence electrons. The molecule has 0 aliphatic rings. The zero-order chi connectivity index (χ0) is 14.6. The van der Waals surface area contributed by atoms with Crippen LogP contribution in [0.25, 0.3) is 0 Å². The third-order valence-electron chi connectivity index (χ3n) is 1.89. The predicted molar refractivity (Wildman–Crippen MR) is 65.1 cm³/mol. The first-order valence-corrected chi connectivity index (χ1v) is 7.10. The molecule has 0 fully saturated rings. The van der Waals surface area contributed by atoms with Gasteiger partial charge in [-0.15, -0.1) is 6.58 Å². The van der Waals surface area contributed by atoms with Crippen molar-refractivity contribution in [3.63, 3.8) is 0 Å². The maximum atomic E-state index is 11.3. The van der Waals surface area contributed by atoms with E-state index in [9.17, 15) is 23.3 Å². The molecule has 0 bridgehead atoms. The summed E-state index contributed by atoms with van der Waals surface area (Å²) in [6.45, 7) is 3.23. The number of nitro groups is 1. The highest BCUT2D eigenvalue weighted by molar-refractivity contribution is 8.13. The summed E-state index contributed by atoms with van der Waals surface area (Å²) in [4.78, 5) is 20.2. The summed E-state index contributed by atoms with van der Waals surface area (Å²) in [6, 6.07) is 0. The van der Waals surface area contributed by atoms with Gasteiger partial charge in [-0.2, -0.15) is 4.68 Å². The largest absolute Gasteiger partial charge is 0.410 e. The van der Waals surface area contributed by atoms with Crippen LogP contribution in [0.1, 0.15) is 0 Å². The van der Waals surface area contributed by atoms with Crippen molar-refractivity contribution in [2.45, 2.75) is 11.4 Å². The first-order chi connectivity index (χ1) is 8.75. The molecule has 1 heterocycles. The van der Waals surface area contributed by atoms with Gasteiger partial charge < -0.3 is 15.4 Å². The van der Waals surface area contributed by atoms with Crippen molar-refractivity contribution in [2.75, 3.05) is 6.54 Å². The molecule has 0 unspecified atom stereocenters. The number of carbonyl (C=O) groups excluding carboxylic acids is 1. The molecule has 1 aromatic heterocycles. The average Bonchev–Trinajstić information content (AvgIpc) is 2.70. The van der Waals surface area contributed by atoms with E-state index in [0.29, 0.717) is 0 Å². The molecular formula is C8H9ClN4O5S. The molecule has 9 nitrogen and oxygen atoms in total. The Morgan fingerprint density at radius 2 is 2.32 bits per heavy atom. The molecule has 0 saturated carbocycles. The van der Waals surface area contributed by atoms with Crippen LogP contribution < -0.4 is 5.32 Å². The lowest BCUT2D eigenvalue weighted by Gasteiger charge is -1.98. The van der Waals surface area contributed by atoms with Crippen molar-refractivity contribution in [3.8, 4) is 0 Å². The van der Waals surface area contributed by atoms with Gasteiger partial charge in [0.2, 0.25) is 10.8 Å². The first kappa shape index (κ1) is 15.1. The summed E-state index contributed by atoms with van der Waals surface area (Å²) >= 11 is 0. The molecule has 0 aliphatic carbocycles. The molecule has 11 heteroatoms. The Labute approximate surface area is 112 Å². The number of rotatable bonds is 6. The van der Waals surface area contributed by atoms with Crippen molar-refractivity contribution in [1.82, 2.24) is 15.1 Å². The highest BCUT2D eigenvalue weighted by Gasteiger charge is 2.30. The van der Waals surface area contributed by atoms with Gasteiger partial charge in [0.15, 0.2) is 0 Å². The molecule has 0 aliphatic heterocycles. The van der Waals surface area contributed by atoms with E-state index in [1.165, 1.54) is 6.08 Å². The second-order valence-corrected chi connectivity index (χ2v) is 5.84. The van der Waals surface area contributed by atoms with Crippen molar-refractivity contribution >= 4 is 31.5 Å². The molecule has 19 heavy (non-hydrogen) atoms. The van der Waals surface area contributed by atoms with Crippen molar-refractivity contribution in [3.05, 3.63) is 29.0 Å². The second-order valence-electron chi connectivity index (χ2n) is 3.30. The lowest BCUT2D eigenvalue weighted by Crippen LogP contribution is -2.27. The SMILES string of the molecule is C=CCNC(=O)Cn1cc(S(=O)(=O)Cl)c([N+](=O)[O-])n1. The summed E-state index contributed by atoms with van der Waals surface area (Å²) < 4.78 is 23.1. The molecule has 0 atom stereocenters. The van der Waals surface area contributed by atoms with Crippen LogP contribution in [-0.4, -0.2) is 35.6 Å². The third kappa shape index (κ3) is 4.03. The van der Waals surface area contributed by atoms with Gasteiger partial charge in [0.25, 0.3) is 9.05 Å². The van der Waals surface area contributed by atoms with Crippen LogP contribution in [0.3, 0.4) is 0 Å². The number of amides is 1. The quantitative estimate of drug-likeness (QED) is 0.342. The van der Waals surface area contributed by atoms with E-state index >= 15 is 0 Å². The van der Waals surface area contributed by atoms with E-state index in [4.69, 9.17) is 10.7 Å². The lowest BCUT2D eigenvalue weighted by atomic mass is 10.5. The van der Waals surface area contributed by atoms with E-state index in [0.717, 1.165) is 10.9 Å². The summed E-state index contributed by atoms with van der Waals surface area (Å²) in [5, 5.41) is 16.4. The minimum absolute atomic E-state index is 0.211. The Hall–Kier alpha value is -1.94. The highest BCUT2D eigenvalue weighted by Crippen LogP contribution is 2.24. The van der Waals surface area contributed by atoms with Gasteiger partial charge in [-0.05, 0) is 4.92 Å². The van der Waals surface area contributed by atoms with E-state index in [2.05, 4.69) is 17.0 Å². The Morgan fingerprint density at radius 1 is 1.68 bits per heavy atom. The first-order valence-electron chi connectivity index (χ1n) is 4.79. The topological polar surface area (TPSA) is 124 Å². The van der Waals surface area contributed by atoms with Gasteiger partial charge in [0, 0.05) is 17.2 Å². The molecule has 1 aromatic rings. The van der Waals surface area contributed by atoms with Crippen molar-refractivity contribution < 1.29 is 18.1 Å². The van der Waals surface area contributed by atoms with Crippen LogP contribution in [0.2, 0.25) is 0 Å². The lowest BCUT2D eigenvalue weighted by molar-refractivity contribution is -0.392. The van der Waals surface area contributed by atoms with Crippen molar-refractivity contribution in [1.29, 1.82) is 0 Å². The molecule has 1 amide bonds. The number of aromatic nitrogens is 2. The third-order valence-corrected chi connectivity index (χ3v) is 3.21. The fourth-order valence-electron chi connectivity index (χ4n) is 1.16. The Kier molecular flexibility index (Phi) is 4.62. The Bertz CT molecular complexity index is 623. The number of halogens is 1. The van der Waals surface area contributed by atoms with E-state index in [-0.39, 0.29) is 13.1 Å². The van der Waals surface area contributed by atoms with Gasteiger partial charge in [0.05, 0.1) is 11.3 Å². The molecule has 0 saturated heterocycles. The molecule has 0 radical (unpaired) electrons. The molecule has 0 spiro atoms. The summed E-state index contributed by atoms with van der Waals surface area (Å²) in [5.41, 5.74) is 0. The average molecular weight is 309 g/mol. The molecule has 1 N–H and O–H groups in total. The minimum Gasteiger partial charge on any atom is -0.358 e. The van der Waals surface area contributed by atoms with Crippen LogP contribution in [0, 0.1) is 10.1 Å². The normalized spacial score (nSPS) is 11.0. The zero-order valence-corrected chi connectivity index (χ0v) is 11.0. The van der Waals surface area contributed by atoms with E-state index in [1.807, 2.05) is 0 Å². The number of hydrogen-bond acceptors (Lipinski definition) is 6. The Balaban J connectivity index is 3.02. The fourth-order valence-corrected chi connectivity index (χ4v) is 2.07. The van der Waals surface area contributed by atoms with Crippen LogP contribution in [0.15, 0.2) is 23.7 Å². The predicted octanol–water partition coefficient (Wildman–Crippen LogP) is 0.0210. The zero-order valence-electron chi connectivity index (χ0n) is 9.45. The van der Waals surface area contributed by atoms with Crippen LogP contribution in [0.5, 0.6) is 0 Å². The van der Waals surface area contributed by atoms with Gasteiger partial charge in [-0.3, -0.25) is 4.79 Å². The van der Waals surface area contributed by atoms with Crippen LogP contribution in [0.4, 0.5) is 5.82 Å². The maximum Gasteiger partial charge on any atom is 0.410 e. The molecular weight excluding hydrogens is 300 g/mol. The number of hydrogen-bond donors (Lipinski definition) is 1. The number of nitrogens with one attached hydrogen (secondary N) is 1. The van der Waals surface area contributed by atoms with Crippen molar-refractivity contribution in [2.24, 2.45) is 0 Å². The Morgan fingerprint density at radius 3 is 2.74 bits per heavy atom. The fraction of sp³-hybridized carbons (Fsp3) is 0.250. The summed E-state index contributed by atoms with van der Waals surface area (Å²) in [5.74, 6) is -1.43.